The van der Waals surface area contributed by atoms with E-state index in [-0.39, 0.29) is 40.7 Å². The van der Waals surface area contributed by atoms with Crippen molar-refractivity contribution in [1.82, 2.24) is 14.2 Å². The van der Waals surface area contributed by atoms with Crippen molar-refractivity contribution in [3.05, 3.63) is 76.5 Å². The molecule has 1 N–H and O–H groups in total. The molecule has 9 heteroatoms. The fraction of sp³-hybridized carbons (Fsp3) is 0.318. The summed E-state index contributed by atoms with van der Waals surface area (Å²) in [6.07, 6.45) is 1.77. The summed E-state index contributed by atoms with van der Waals surface area (Å²) >= 11 is 0. The summed E-state index contributed by atoms with van der Waals surface area (Å²) in [7, 11) is -3.97. The average Bonchev–Trinajstić information content (AvgIpc) is 2.97. The van der Waals surface area contributed by atoms with E-state index in [1.807, 2.05) is 37.3 Å². The summed E-state index contributed by atoms with van der Waals surface area (Å²) in [6, 6.07) is 13.4. The lowest BCUT2D eigenvalue weighted by molar-refractivity contribution is 0.353. The fourth-order valence-electron chi connectivity index (χ4n) is 3.96. The second-order valence-electron chi connectivity index (χ2n) is 7.60. The maximum atomic E-state index is 15.2. The highest BCUT2D eigenvalue weighted by Gasteiger charge is 2.32. The van der Waals surface area contributed by atoms with Crippen LogP contribution in [0.3, 0.4) is 0 Å². The monoisotopic (exact) mass is 465 g/mol. The van der Waals surface area contributed by atoms with E-state index in [4.69, 9.17) is 0 Å². The van der Waals surface area contributed by atoms with Crippen LogP contribution in [0.25, 0.3) is 10.8 Å². The number of halogens is 2. The molecule has 1 fully saturated rings. The Hall–Kier alpha value is -2.26. The molecule has 0 spiro atoms. The van der Waals surface area contributed by atoms with E-state index >= 15 is 4.39 Å². The second-order valence-corrected chi connectivity index (χ2v) is 9.46. The molecule has 1 aliphatic heterocycles. The van der Waals surface area contributed by atoms with Gasteiger partial charge in [-0.2, -0.15) is 4.31 Å². The van der Waals surface area contributed by atoms with Gasteiger partial charge in [-0.1, -0.05) is 36.4 Å². The molecule has 4 rings (SSSR count). The third-order valence-corrected chi connectivity index (χ3v) is 7.53. The Bertz CT molecular complexity index is 1230. The van der Waals surface area contributed by atoms with Crippen molar-refractivity contribution >= 4 is 33.2 Å². The first-order chi connectivity index (χ1) is 14.4. The van der Waals surface area contributed by atoms with E-state index in [2.05, 4.69) is 5.32 Å². The normalized spacial score (nSPS) is 17.8. The Kier molecular flexibility index (Phi) is 7.16. The molecule has 2 aromatic carbocycles. The van der Waals surface area contributed by atoms with Gasteiger partial charge in [-0.05, 0) is 37.6 Å². The molecular weight excluding hydrogens is 441 g/mol. The molecule has 0 bridgehead atoms. The number of hydrogen-bond donors (Lipinski definition) is 1. The van der Waals surface area contributed by atoms with Gasteiger partial charge in [0.25, 0.3) is 5.56 Å². The van der Waals surface area contributed by atoms with Crippen LogP contribution in [0.2, 0.25) is 0 Å². The number of fused-ring (bicyclic) bond motifs is 1. The van der Waals surface area contributed by atoms with Gasteiger partial charge in [-0.25, -0.2) is 12.8 Å². The minimum Gasteiger partial charge on any atom is -0.315 e. The summed E-state index contributed by atoms with van der Waals surface area (Å²) in [6.45, 7) is 3.63. The third kappa shape index (κ3) is 4.52. The van der Waals surface area contributed by atoms with Crippen molar-refractivity contribution in [3.63, 3.8) is 0 Å². The molecule has 3 aromatic rings. The molecule has 0 saturated carbocycles. The van der Waals surface area contributed by atoms with Gasteiger partial charge in [0.2, 0.25) is 10.0 Å². The quantitative estimate of drug-likeness (QED) is 0.643. The number of nitrogens with one attached hydrogen (secondary N) is 1. The van der Waals surface area contributed by atoms with Crippen LogP contribution < -0.4 is 10.9 Å². The first kappa shape index (κ1) is 23.4. The van der Waals surface area contributed by atoms with Crippen molar-refractivity contribution in [2.24, 2.45) is 0 Å². The largest absolute Gasteiger partial charge is 0.315 e. The van der Waals surface area contributed by atoms with Crippen LogP contribution in [0.1, 0.15) is 18.9 Å². The number of sulfonamides is 1. The molecule has 1 aromatic heterocycles. The lowest BCUT2D eigenvalue weighted by Gasteiger charge is -2.26. The summed E-state index contributed by atoms with van der Waals surface area (Å²) in [5, 5.41) is 3.13. The Morgan fingerprint density at radius 3 is 2.61 bits per heavy atom. The number of benzene rings is 2. The van der Waals surface area contributed by atoms with Crippen molar-refractivity contribution in [1.29, 1.82) is 0 Å². The molecule has 31 heavy (non-hydrogen) atoms. The molecule has 0 aliphatic carbocycles. The highest BCUT2D eigenvalue weighted by molar-refractivity contribution is 7.89. The molecule has 0 radical (unpaired) electrons. The Morgan fingerprint density at radius 2 is 1.87 bits per heavy atom. The lowest BCUT2D eigenvalue weighted by Crippen LogP contribution is -2.41. The maximum absolute atomic E-state index is 15.2. The molecule has 1 saturated heterocycles. The lowest BCUT2D eigenvalue weighted by atomic mass is 10.1. The fourth-order valence-corrected chi connectivity index (χ4v) is 5.85. The highest BCUT2D eigenvalue weighted by Crippen LogP contribution is 2.28. The van der Waals surface area contributed by atoms with Gasteiger partial charge in [-0.15, -0.1) is 12.4 Å². The zero-order valence-electron chi connectivity index (χ0n) is 17.1. The van der Waals surface area contributed by atoms with Crippen LogP contribution in [-0.2, 0) is 16.6 Å². The van der Waals surface area contributed by atoms with Gasteiger partial charge in [0.1, 0.15) is 5.82 Å². The Morgan fingerprint density at radius 1 is 1.13 bits per heavy atom. The topological polar surface area (TPSA) is 71.4 Å². The summed E-state index contributed by atoms with van der Waals surface area (Å²) in [4.78, 5) is 12.9. The second kappa shape index (κ2) is 9.48. The smallest absolute Gasteiger partial charge is 0.258 e. The van der Waals surface area contributed by atoms with E-state index < -0.39 is 21.4 Å². The molecule has 6 nitrogen and oxygen atoms in total. The molecule has 166 valence electrons. The first-order valence-electron chi connectivity index (χ1n) is 9.98. The van der Waals surface area contributed by atoms with Gasteiger partial charge >= 0.3 is 0 Å². The first-order valence-corrected chi connectivity index (χ1v) is 11.4. The standard InChI is InChI=1S/C22H24FN3O3S.ClH/c1-16-13-24-11-6-12-26(16)30(28,29)20-10-5-9-18-21(20)19(23)15-25(22(18)27)14-17-7-3-2-4-8-17;/h2-5,7-10,15-16,24H,6,11-14H2,1H3;1H/t16-;/m0./s1. The summed E-state index contributed by atoms with van der Waals surface area (Å²) in [5.74, 6) is -0.722. The minimum absolute atomic E-state index is 0. The molecule has 1 atom stereocenters. The van der Waals surface area contributed by atoms with Gasteiger partial charge in [0, 0.05) is 30.7 Å². The third-order valence-electron chi connectivity index (χ3n) is 5.47. The van der Waals surface area contributed by atoms with E-state index in [9.17, 15) is 13.2 Å². The number of hydrogen-bond acceptors (Lipinski definition) is 4. The van der Waals surface area contributed by atoms with Gasteiger partial charge in [-0.3, -0.25) is 4.79 Å². The van der Waals surface area contributed by atoms with Gasteiger partial charge < -0.3 is 9.88 Å². The van der Waals surface area contributed by atoms with Crippen molar-refractivity contribution in [3.8, 4) is 0 Å². The summed E-state index contributed by atoms with van der Waals surface area (Å²) in [5.41, 5.74) is 0.436. The number of aromatic nitrogens is 1. The maximum Gasteiger partial charge on any atom is 0.258 e. The molecule has 1 aliphatic rings. The van der Waals surface area contributed by atoms with Gasteiger partial charge in [0.05, 0.1) is 16.8 Å². The van der Waals surface area contributed by atoms with Gasteiger partial charge in [0.15, 0.2) is 0 Å². The predicted molar refractivity (Wildman–Crippen MR) is 122 cm³/mol. The average molecular weight is 466 g/mol. The Labute approximate surface area is 187 Å². The van der Waals surface area contributed by atoms with E-state index in [0.717, 1.165) is 18.3 Å². The zero-order valence-corrected chi connectivity index (χ0v) is 18.8. The van der Waals surface area contributed by atoms with Crippen molar-refractivity contribution < 1.29 is 12.8 Å². The van der Waals surface area contributed by atoms with Crippen molar-refractivity contribution in [2.45, 2.75) is 30.8 Å². The number of pyridine rings is 1. The molecule has 0 unspecified atom stereocenters. The molecule has 2 heterocycles. The predicted octanol–water partition coefficient (Wildman–Crippen LogP) is 2.98. The van der Waals surface area contributed by atoms with Crippen molar-refractivity contribution in [2.75, 3.05) is 19.6 Å². The Balaban J connectivity index is 0.00000272. The van der Waals surface area contributed by atoms with E-state index in [1.165, 1.54) is 27.1 Å². The molecule has 0 amide bonds. The minimum atomic E-state index is -3.97. The zero-order chi connectivity index (χ0) is 21.3. The molecular formula is C22H25ClFN3O3S. The number of rotatable bonds is 4. The van der Waals surface area contributed by atoms with Crippen LogP contribution in [0.5, 0.6) is 0 Å². The number of nitrogens with zero attached hydrogens (tertiary/aromatic N) is 2. The van der Waals surface area contributed by atoms with Crippen LogP contribution in [0, 0.1) is 5.82 Å². The van der Waals surface area contributed by atoms with Crippen LogP contribution >= 0.6 is 12.4 Å². The van der Waals surface area contributed by atoms with E-state index in [0.29, 0.717) is 19.5 Å². The highest BCUT2D eigenvalue weighted by atomic mass is 35.5. The summed E-state index contributed by atoms with van der Waals surface area (Å²) < 4.78 is 44.7. The van der Waals surface area contributed by atoms with Crippen LogP contribution in [0.15, 0.2) is 64.4 Å². The van der Waals surface area contributed by atoms with E-state index in [1.54, 1.807) is 0 Å². The SMILES string of the molecule is C[C@H]1CNCCCN1S(=O)(=O)c1cccc2c(=O)n(Cc3ccccc3)cc(F)c12.Cl. The van der Waals surface area contributed by atoms with Crippen LogP contribution in [-0.4, -0.2) is 43.0 Å². The van der Waals surface area contributed by atoms with Crippen LogP contribution in [0.4, 0.5) is 4.39 Å².